The first-order valence-corrected chi connectivity index (χ1v) is 7.79. The maximum Gasteiger partial charge on any atom is 0.341 e. The van der Waals surface area contributed by atoms with E-state index in [0.29, 0.717) is 29.9 Å². The number of rotatable bonds is 2. The summed E-state index contributed by atoms with van der Waals surface area (Å²) >= 11 is 0. The molecule has 4 rings (SSSR count). The maximum absolute atomic E-state index is 12.6. The van der Waals surface area contributed by atoms with Gasteiger partial charge >= 0.3 is 5.56 Å². The predicted octanol–water partition coefficient (Wildman–Crippen LogP) is 2.67. The van der Waals surface area contributed by atoms with Gasteiger partial charge in [-0.2, -0.15) is 9.14 Å². The van der Waals surface area contributed by atoms with Crippen LogP contribution in [0.2, 0.25) is 0 Å². The van der Waals surface area contributed by atoms with Crippen molar-refractivity contribution in [3.63, 3.8) is 0 Å². The molecule has 0 radical (unpaired) electrons. The van der Waals surface area contributed by atoms with Crippen molar-refractivity contribution < 1.29 is 14.4 Å². The molecule has 2 aromatic carbocycles. The number of hydrogen-bond acceptors (Lipinski definition) is 2. The lowest BCUT2D eigenvalue weighted by Gasteiger charge is -2.05. The smallest absolute Gasteiger partial charge is 0.341 e. The third kappa shape index (κ3) is 2.17. The average Bonchev–Trinajstić information content (AvgIpc) is 3.05. The van der Waals surface area contributed by atoms with Crippen molar-refractivity contribution in [2.75, 3.05) is 13.7 Å². The number of ether oxygens (including phenoxy) is 1. The Kier molecular flexibility index (Phi) is 3.34. The van der Waals surface area contributed by atoms with Gasteiger partial charge in [-0.3, -0.25) is 0 Å². The molecule has 0 aliphatic carbocycles. The lowest BCUT2D eigenvalue weighted by Crippen LogP contribution is -2.18. The first kappa shape index (κ1) is 14.5. The van der Waals surface area contributed by atoms with E-state index in [-0.39, 0.29) is 11.5 Å². The summed E-state index contributed by atoms with van der Waals surface area (Å²) in [6.07, 6.45) is 0. The minimum absolute atomic E-state index is 0.0202. The fourth-order valence-corrected chi connectivity index (χ4v) is 3.15. The van der Waals surface area contributed by atoms with E-state index >= 15 is 0 Å². The quantitative estimate of drug-likeness (QED) is 0.583. The summed E-state index contributed by atoms with van der Waals surface area (Å²) in [5.41, 5.74) is 0.665. The van der Waals surface area contributed by atoms with Gasteiger partial charge in [0.2, 0.25) is 0 Å². The monoisotopic (exact) mass is 321 g/mol. The number of aromatic nitrogens is 1. The number of methoxy groups -OCH3 is 1. The zero-order valence-corrected chi connectivity index (χ0v) is 13.3. The molecule has 1 aliphatic heterocycles. The Morgan fingerprint density at radius 3 is 2.67 bits per heavy atom. The molecular formula is C19H17N2O3+. The molecule has 0 atom stereocenters. The molecule has 2 heterocycles. The van der Waals surface area contributed by atoms with Crippen molar-refractivity contribution in [2.24, 2.45) is 0 Å². The van der Waals surface area contributed by atoms with Crippen LogP contribution in [0.5, 0.6) is 5.75 Å². The largest absolute Gasteiger partial charge is 0.497 e. The molecule has 1 aliphatic rings. The number of benzene rings is 2. The fraction of sp³-hybridized carbons (Fsp3) is 0.158. The second kappa shape index (κ2) is 5.53. The Labute approximate surface area is 138 Å². The molecule has 24 heavy (non-hydrogen) atoms. The van der Waals surface area contributed by atoms with Gasteiger partial charge in [-0.15, -0.1) is 0 Å². The average molecular weight is 321 g/mol. The molecule has 0 unspecified atom stereocenters. The van der Waals surface area contributed by atoms with Crippen LogP contribution in [0.3, 0.4) is 0 Å². The van der Waals surface area contributed by atoms with E-state index in [9.17, 15) is 9.90 Å². The molecule has 0 saturated carbocycles. The standard InChI is InChI=1S/C19H16N2O3/c1-24-15-8-6-13(7-9-15)18(22)20-10-11-21-17(20)12-14-4-2-3-5-16(14)19(21)23/h2-9,12H,10-11H2,1H3/p+1. The normalized spacial score (nSPS) is 15.4. The number of aliphatic hydroxyl groups excluding tert-OH is 1. The van der Waals surface area contributed by atoms with Gasteiger partial charge in [0.15, 0.2) is 0 Å². The molecule has 0 bridgehead atoms. The highest BCUT2D eigenvalue weighted by Crippen LogP contribution is 2.23. The number of hydrogen-bond donors (Lipinski definition) is 1. The van der Waals surface area contributed by atoms with Crippen molar-refractivity contribution in [1.82, 2.24) is 4.57 Å². The summed E-state index contributed by atoms with van der Waals surface area (Å²) in [5, 5.41) is 12.3. The molecule has 3 aromatic rings. The first-order chi connectivity index (χ1) is 11.7. The van der Waals surface area contributed by atoms with Crippen molar-refractivity contribution in [3.8, 4) is 5.75 Å². The molecule has 5 heteroatoms. The Morgan fingerprint density at radius 1 is 1.17 bits per heavy atom. The van der Waals surface area contributed by atoms with E-state index in [4.69, 9.17) is 4.74 Å². The lowest BCUT2D eigenvalue weighted by atomic mass is 10.1. The highest BCUT2D eigenvalue weighted by atomic mass is 16.5. The van der Waals surface area contributed by atoms with Crippen molar-refractivity contribution in [3.05, 3.63) is 70.5 Å². The van der Waals surface area contributed by atoms with Crippen molar-refractivity contribution >= 4 is 22.5 Å². The van der Waals surface area contributed by atoms with Crippen molar-refractivity contribution in [2.45, 2.75) is 6.54 Å². The van der Waals surface area contributed by atoms with Crippen LogP contribution in [0.1, 0.15) is 5.56 Å². The van der Waals surface area contributed by atoms with Crippen LogP contribution in [0.25, 0.3) is 10.8 Å². The number of aliphatic hydroxyl groups is 1. The van der Waals surface area contributed by atoms with Crippen LogP contribution in [0.4, 0.5) is 5.82 Å². The van der Waals surface area contributed by atoms with E-state index in [2.05, 4.69) is 0 Å². The number of fused-ring (bicyclic) bond motifs is 2. The molecule has 0 saturated heterocycles. The van der Waals surface area contributed by atoms with E-state index < -0.39 is 0 Å². The molecule has 1 aromatic heterocycles. The summed E-state index contributed by atoms with van der Waals surface area (Å²) in [4.78, 5) is 12.6. The molecule has 5 nitrogen and oxygen atoms in total. The van der Waals surface area contributed by atoms with Gasteiger partial charge in [-0.25, -0.2) is 4.79 Å². The van der Waals surface area contributed by atoms with Gasteiger partial charge in [0.05, 0.1) is 18.1 Å². The number of nitrogens with zero attached hydrogens (tertiary/aromatic N) is 2. The molecule has 0 spiro atoms. The van der Waals surface area contributed by atoms with E-state index in [1.807, 2.05) is 30.3 Å². The molecule has 1 N–H and O–H groups in total. The van der Waals surface area contributed by atoms with Gasteiger partial charge < -0.3 is 9.84 Å². The van der Waals surface area contributed by atoms with Crippen LogP contribution in [-0.4, -0.2) is 33.8 Å². The van der Waals surface area contributed by atoms with Crippen molar-refractivity contribution in [1.29, 1.82) is 0 Å². The molecular weight excluding hydrogens is 304 g/mol. The van der Waals surface area contributed by atoms with Gasteiger partial charge in [0.1, 0.15) is 18.8 Å². The fourth-order valence-electron chi connectivity index (χ4n) is 3.15. The third-order valence-electron chi connectivity index (χ3n) is 4.43. The SMILES string of the molecule is COc1ccc(C(O)=[N+]2CCn3c2cc2ccccc2c3=O)cc1. The third-order valence-corrected chi connectivity index (χ3v) is 4.43. The zero-order valence-electron chi connectivity index (χ0n) is 13.3. The van der Waals surface area contributed by atoms with Crippen LogP contribution in [-0.2, 0) is 6.54 Å². The van der Waals surface area contributed by atoms with Gasteiger partial charge in [0.25, 0.3) is 11.7 Å². The Bertz CT molecular complexity index is 1020. The zero-order chi connectivity index (χ0) is 16.7. The van der Waals surface area contributed by atoms with Gasteiger partial charge in [-0.05, 0) is 35.7 Å². The highest BCUT2D eigenvalue weighted by molar-refractivity contribution is 5.90. The number of pyridine rings is 1. The minimum Gasteiger partial charge on any atom is -0.497 e. The van der Waals surface area contributed by atoms with Crippen LogP contribution >= 0.6 is 0 Å². The Hall–Kier alpha value is -3.08. The van der Waals surface area contributed by atoms with E-state index in [1.165, 1.54) is 0 Å². The van der Waals surface area contributed by atoms with Gasteiger partial charge in [0, 0.05) is 6.07 Å². The van der Waals surface area contributed by atoms with E-state index in [1.54, 1.807) is 40.5 Å². The first-order valence-electron chi connectivity index (χ1n) is 7.79. The second-order valence-electron chi connectivity index (χ2n) is 5.75. The summed E-state index contributed by atoms with van der Waals surface area (Å²) in [5.74, 6) is 1.58. The Morgan fingerprint density at radius 2 is 1.92 bits per heavy atom. The summed E-state index contributed by atoms with van der Waals surface area (Å²) < 4.78 is 8.63. The van der Waals surface area contributed by atoms with Crippen LogP contribution in [0.15, 0.2) is 59.4 Å². The van der Waals surface area contributed by atoms with Crippen LogP contribution in [0, 0.1) is 0 Å². The van der Waals surface area contributed by atoms with Gasteiger partial charge in [-0.1, -0.05) is 18.2 Å². The Balaban J connectivity index is 1.89. The summed E-state index contributed by atoms with van der Waals surface area (Å²) in [6, 6.07) is 16.7. The minimum atomic E-state index is -0.0202. The molecule has 120 valence electrons. The summed E-state index contributed by atoms with van der Waals surface area (Å²) in [6.45, 7) is 1.11. The van der Waals surface area contributed by atoms with E-state index in [0.717, 1.165) is 11.1 Å². The lowest BCUT2D eigenvalue weighted by molar-refractivity contribution is -0.438. The van der Waals surface area contributed by atoms with Crippen LogP contribution < -0.4 is 10.3 Å². The highest BCUT2D eigenvalue weighted by Gasteiger charge is 2.29. The topological polar surface area (TPSA) is 54.5 Å². The molecule has 0 amide bonds. The summed E-state index contributed by atoms with van der Waals surface area (Å²) in [7, 11) is 1.60. The molecule has 0 fully saturated rings. The maximum atomic E-state index is 12.6. The predicted molar refractivity (Wildman–Crippen MR) is 92.7 cm³/mol. The second-order valence-corrected chi connectivity index (χ2v) is 5.75.